The van der Waals surface area contributed by atoms with Crippen LogP contribution in [0.5, 0.6) is 5.75 Å². The number of nitrogens with zero attached hydrogens (tertiary/aromatic N) is 7. The Hall–Kier alpha value is -4.99. The number of rotatable bonds is 8. The molecule has 3 aromatic carbocycles. The van der Waals surface area contributed by atoms with Gasteiger partial charge >= 0.3 is 0 Å². The Bertz CT molecular complexity index is 2580. The number of halogens is 2. The van der Waals surface area contributed by atoms with E-state index in [-0.39, 0.29) is 11.9 Å². The van der Waals surface area contributed by atoms with E-state index in [2.05, 4.69) is 58.5 Å². The van der Waals surface area contributed by atoms with E-state index >= 15 is 4.79 Å². The SMILES string of the molecule is Cc1cc(OCCCc2c3n(c4c(-c5c(C)nn(C)c5C)c(Cl)ccc24)C(C)CN(c2cn(C)c4ccc(-c5ccn(C)n5)cc24)C3=O)cc(C)c1Cl. The Morgan fingerprint density at radius 1 is 0.906 bits per heavy atom. The first-order valence-electron chi connectivity index (χ1n) is 18.0. The van der Waals surface area contributed by atoms with Gasteiger partial charge in [-0.25, -0.2) is 0 Å². The molecular weight excluding hydrogens is 705 g/mol. The molecule has 0 saturated carbocycles. The van der Waals surface area contributed by atoms with Crippen molar-refractivity contribution in [3.05, 3.63) is 105 Å². The molecule has 1 aliphatic rings. The zero-order valence-corrected chi connectivity index (χ0v) is 32.9. The van der Waals surface area contributed by atoms with Crippen molar-refractivity contribution in [1.29, 1.82) is 0 Å². The lowest BCUT2D eigenvalue weighted by Gasteiger charge is -2.34. The molecular formula is C42H43Cl2N7O2. The third kappa shape index (κ3) is 5.72. The summed E-state index contributed by atoms with van der Waals surface area (Å²) in [5.41, 5.74) is 12.3. The Morgan fingerprint density at radius 3 is 2.34 bits per heavy atom. The quantitative estimate of drug-likeness (QED) is 0.145. The second-order valence-electron chi connectivity index (χ2n) is 14.5. The largest absolute Gasteiger partial charge is 0.494 e. The molecule has 7 aromatic rings. The molecule has 1 unspecified atom stereocenters. The fourth-order valence-electron chi connectivity index (χ4n) is 8.25. The molecule has 0 radical (unpaired) electrons. The maximum absolute atomic E-state index is 15.2. The van der Waals surface area contributed by atoms with Gasteiger partial charge in [-0.1, -0.05) is 35.3 Å². The summed E-state index contributed by atoms with van der Waals surface area (Å²) in [6, 6.07) is 16.3. The standard InChI is InChI=1S/C42H43Cl2N7O2/c1-23-18-29(19-24(2)39(23)44)53-17-9-10-30-31-12-13-33(43)38(37-26(4)45-49(8)27(37)5)40(31)51-25(3)21-50(42(52)41(30)51)36-22-47(6)35-14-11-28(20-32(35)36)34-15-16-48(7)46-34/h11-16,18-20,22,25H,9-10,17,21H2,1-8H3. The number of ether oxygens (including phenoxy) is 1. The monoisotopic (exact) mass is 747 g/mol. The molecule has 1 aliphatic heterocycles. The maximum Gasteiger partial charge on any atom is 0.275 e. The summed E-state index contributed by atoms with van der Waals surface area (Å²) >= 11 is 13.6. The van der Waals surface area contributed by atoms with Crippen LogP contribution in [0, 0.1) is 27.7 Å². The Balaban J connectivity index is 1.26. The predicted octanol–water partition coefficient (Wildman–Crippen LogP) is 9.71. The van der Waals surface area contributed by atoms with Crippen LogP contribution < -0.4 is 9.64 Å². The first kappa shape index (κ1) is 35.1. The molecule has 0 spiro atoms. The number of carbonyl (C=O) groups excluding carboxylic acids is 1. The van der Waals surface area contributed by atoms with Crippen LogP contribution in [0.2, 0.25) is 10.0 Å². The van der Waals surface area contributed by atoms with Crippen molar-refractivity contribution in [2.24, 2.45) is 21.1 Å². The van der Waals surface area contributed by atoms with Gasteiger partial charge < -0.3 is 18.8 Å². The van der Waals surface area contributed by atoms with Gasteiger partial charge in [0.25, 0.3) is 5.91 Å². The van der Waals surface area contributed by atoms with Crippen molar-refractivity contribution < 1.29 is 9.53 Å². The van der Waals surface area contributed by atoms with Crippen LogP contribution in [0.15, 0.2) is 60.9 Å². The highest BCUT2D eigenvalue weighted by atomic mass is 35.5. The average molecular weight is 749 g/mol. The van der Waals surface area contributed by atoms with E-state index < -0.39 is 0 Å². The van der Waals surface area contributed by atoms with Crippen molar-refractivity contribution >= 4 is 56.6 Å². The van der Waals surface area contributed by atoms with Gasteiger partial charge in [-0.05, 0) is 101 Å². The lowest BCUT2D eigenvalue weighted by molar-refractivity contribution is 0.0957. The number of benzene rings is 3. The van der Waals surface area contributed by atoms with Gasteiger partial charge in [-0.3, -0.25) is 14.2 Å². The van der Waals surface area contributed by atoms with Gasteiger partial charge in [0.1, 0.15) is 11.4 Å². The molecule has 0 saturated heterocycles. The van der Waals surface area contributed by atoms with Crippen molar-refractivity contribution in [2.75, 3.05) is 18.1 Å². The fourth-order valence-corrected chi connectivity index (χ4v) is 8.61. The topological polar surface area (TPSA) is 75.0 Å². The van der Waals surface area contributed by atoms with E-state index in [0.29, 0.717) is 36.7 Å². The summed E-state index contributed by atoms with van der Waals surface area (Å²) in [5, 5.41) is 12.8. The minimum atomic E-state index is -0.0565. The number of carbonyl (C=O) groups is 1. The van der Waals surface area contributed by atoms with Crippen molar-refractivity contribution in [3.63, 3.8) is 0 Å². The van der Waals surface area contributed by atoms with Crippen LogP contribution in [0.3, 0.4) is 0 Å². The van der Waals surface area contributed by atoms with Gasteiger partial charge in [-0.15, -0.1) is 0 Å². The molecule has 0 aliphatic carbocycles. The summed E-state index contributed by atoms with van der Waals surface area (Å²) in [4.78, 5) is 17.1. The van der Waals surface area contributed by atoms with Crippen molar-refractivity contribution in [3.8, 4) is 28.1 Å². The second-order valence-corrected chi connectivity index (χ2v) is 15.3. The number of hydrogen-bond donors (Lipinski definition) is 0. The number of aromatic nitrogens is 6. The van der Waals surface area contributed by atoms with E-state index in [4.69, 9.17) is 33.0 Å². The molecule has 5 heterocycles. The molecule has 272 valence electrons. The zero-order chi connectivity index (χ0) is 37.5. The van der Waals surface area contributed by atoms with Crippen molar-refractivity contribution in [1.82, 2.24) is 28.7 Å². The molecule has 53 heavy (non-hydrogen) atoms. The molecule has 0 N–H and O–H groups in total. The number of hydrogen-bond acceptors (Lipinski definition) is 4. The van der Waals surface area contributed by atoms with Crippen LogP contribution in [-0.2, 0) is 27.6 Å². The van der Waals surface area contributed by atoms with E-state index in [1.807, 2.05) is 82.0 Å². The maximum atomic E-state index is 15.2. The summed E-state index contributed by atoms with van der Waals surface area (Å²) in [7, 11) is 5.90. The predicted molar refractivity (Wildman–Crippen MR) is 215 cm³/mol. The average Bonchev–Trinajstić information content (AvgIpc) is 3.86. The molecule has 4 aromatic heterocycles. The highest BCUT2D eigenvalue weighted by Crippen LogP contribution is 2.46. The molecule has 0 fully saturated rings. The van der Waals surface area contributed by atoms with Gasteiger partial charge in [0, 0.05) is 89.8 Å². The summed E-state index contributed by atoms with van der Waals surface area (Å²) in [6.07, 6.45) is 5.37. The third-order valence-electron chi connectivity index (χ3n) is 10.8. The van der Waals surface area contributed by atoms with Crippen LogP contribution in [0.1, 0.15) is 58.0 Å². The minimum Gasteiger partial charge on any atom is -0.494 e. The van der Waals surface area contributed by atoms with Crippen LogP contribution in [0.4, 0.5) is 5.69 Å². The highest BCUT2D eigenvalue weighted by Gasteiger charge is 2.37. The minimum absolute atomic E-state index is 0.0309. The summed E-state index contributed by atoms with van der Waals surface area (Å²) < 4.78 is 14.3. The van der Waals surface area contributed by atoms with Crippen LogP contribution in [0.25, 0.3) is 44.2 Å². The summed E-state index contributed by atoms with van der Waals surface area (Å²) in [6.45, 7) is 11.2. The molecule has 1 atom stereocenters. The molecule has 9 nitrogen and oxygen atoms in total. The second kappa shape index (κ2) is 13.1. The Kier molecular flexibility index (Phi) is 8.70. The van der Waals surface area contributed by atoms with Gasteiger partial charge in [-0.2, -0.15) is 10.2 Å². The van der Waals surface area contributed by atoms with E-state index in [0.717, 1.165) is 88.7 Å². The van der Waals surface area contributed by atoms with Gasteiger partial charge in [0.2, 0.25) is 0 Å². The fraction of sp³-hybridized carbons (Fsp3) is 0.310. The van der Waals surface area contributed by atoms with E-state index in [9.17, 15) is 0 Å². The molecule has 1 amide bonds. The molecule has 8 rings (SSSR count). The van der Waals surface area contributed by atoms with E-state index in [1.165, 1.54) is 0 Å². The smallest absolute Gasteiger partial charge is 0.275 e. The lowest BCUT2D eigenvalue weighted by Crippen LogP contribution is -2.42. The van der Waals surface area contributed by atoms with Gasteiger partial charge in [0.05, 0.1) is 34.2 Å². The third-order valence-corrected chi connectivity index (χ3v) is 11.7. The first-order valence-corrected chi connectivity index (χ1v) is 18.8. The number of anilines is 1. The molecule has 0 bridgehead atoms. The number of fused-ring (bicyclic) bond motifs is 4. The summed E-state index contributed by atoms with van der Waals surface area (Å²) in [5.74, 6) is 0.762. The van der Waals surface area contributed by atoms with Crippen molar-refractivity contribution in [2.45, 2.75) is 53.5 Å². The Morgan fingerprint density at radius 2 is 1.66 bits per heavy atom. The van der Waals surface area contributed by atoms with Gasteiger partial charge in [0.15, 0.2) is 0 Å². The lowest BCUT2D eigenvalue weighted by atomic mass is 9.98. The normalized spacial score (nSPS) is 14.6. The first-order chi connectivity index (χ1) is 25.3. The highest BCUT2D eigenvalue weighted by molar-refractivity contribution is 6.35. The Labute approximate surface area is 319 Å². The molecule has 11 heteroatoms. The number of amides is 1. The van der Waals surface area contributed by atoms with Crippen LogP contribution >= 0.6 is 23.2 Å². The van der Waals surface area contributed by atoms with Crippen LogP contribution in [-0.4, -0.2) is 47.8 Å². The number of aryl methyl sites for hydroxylation is 7. The van der Waals surface area contributed by atoms with E-state index in [1.54, 1.807) is 4.68 Å². The zero-order valence-electron chi connectivity index (χ0n) is 31.4.